The van der Waals surface area contributed by atoms with Gasteiger partial charge in [0.25, 0.3) is 5.56 Å². The summed E-state index contributed by atoms with van der Waals surface area (Å²) in [5, 5.41) is 9.74. The molecule has 0 unspecified atom stereocenters. The molecule has 0 amide bonds. The molecular formula is C25H19Cl2N3O4S. The molecule has 0 saturated heterocycles. The maximum Gasteiger partial charge on any atom is 0.338 e. The van der Waals surface area contributed by atoms with E-state index in [1.165, 1.54) is 15.9 Å². The number of carbonyl (C=O) groups excluding carboxylic acids is 1. The molecule has 0 spiro atoms. The minimum absolute atomic E-state index is 0.154. The van der Waals surface area contributed by atoms with E-state index >= 15 is 0 Å². The molecule has 0 fully saturated rings. The molecule has 4 rings (SSSR count). The topological polar surface area (TPSA) is 93.7 Å². The second-order valence-electron chi connectivity index (χ2n) is 7.45. The Morgan fingerprint density at radius 2 is 2.06 bits per heavy atom. The van der Waals surface area contributed by atoms with Gasteiger partial charge < -0.3 is 9.47 Å². The van der Waals surface area contributed by atoms with Crippen LogP contribution in [0.15, 0.2) is 63.5 Å². The first-order valence-electron chi connectivity index (χ1n) is 10.6. The number of thiazole rings is 1. The highest BCUT2D eigenvalue weighted by Gasteiger charge is 2.34. The summed E-state index contributed by atoms with van der Waals surface area (Å²) in [6.07, 6.45) is 1.63. The van der Waals surface area contributed by atoms with Crippen LogP contribution in [0.3, 0.4) is 0 Å². The number of fused-ring (bicyclic) bond motifs is 1. The number of allylic oxidation sites excluding steroid dienone is 1. The Morgan fingerprint density at radius 3 is 2.77 bits per heavy atom. The van der Waals surface area contributed by atoms with E-state index in [0.717, 1.165) is 0 Å². The predicted molar refractivity (Wildman–Crippen MR) is 134 cm³/mol. The van der Waals surface area contributed by atoms with Gasteiger partial charge in [0.1, 0.15) is 17.9 Å². The van der Waals surface area contributed by atoms with Crippen LogP contribution in [0.2, 0.25) is 10.0 Å². The fraction of sp³-hybridized carbons (Fsp3) is 0.200. The first kappa shape index (κ1) is 24.7. The molecule has 0 radical (unpaired) electrons. The Hall–Kier alpha value is -3.38. The minimum atomic E-state index is -0.810. The molecule has 178 valence electrons. The van der Waals surface area contributed by atoms with Crippen LogP contribution in [0.25, 0.3) is 6.08 Å². The lowest BCUT2D eigenvalue weighted by molar-refractivity contribution is -0.139. The van der Waals surface area contributed by atoms with Crippen LogP contribution in [0.1, 0.15) is 31.0 Å². The summed E-state index contributed by atoms with van der Waals surface area (Å²) >= 11 is 13.8. The number of hydrogen-bond acceptors (Lipinski definition) is 7. The number of ether oxygens (including phenoxy) is 2. The predicted octanol–water partition coefficient (Wildman–Crippen LogP) is 4.01. The van der Waals surface area contributed by atoms with Crippen LogP contribution in [0.5, 0.6) is 5.75 Å². The molecule has 10 heteroatoms. The summed E-state index contributed by atoms with van der Waals surface area (Å²) in [5.41, 5.74) is 1.45. The van der Waals surface area contributed by atoms with E-state index in [-0.39, 0.29) is 24.3 Å². The van der Waals surface area contributed by atoms with Crippen molar-refractivity contribution in [3.8, 4) is 11.8 Å². The van der Waals surface area contributed by atoms with Crippen molar-refractivity contribution in [3.63, 3.8) is 0 Å². The summed E-state index contributed by atoms with van der Waals surface area (Å²) in [7, 11) is 0. The first-order chi connectivity index (χ1) is 16.8. The number of nitriles is 1. The molecular weight excluding hydrogens is 509 g/mol. The number of benzene rings is 2. The number of halogens is 2. The molecule has 1 aromatic heterocycles. The van der Waals surface area contributed by atoms with E-state index < -0.39 is 12.0 Å². The number of hydrogen-bond donors (Lipinski definition) is 0. The summed E-state index contributed by atoms with van der Waals surface area (Å²) < 4.78 is 12.6. The molecule has 0 aliphatic carbocycles. The van der Waals surface area contributed by atoms with Crippen molar-refractivity contribution in [2.45, 2.75) is 19.9 Å². The average molecular weight is 528 g/mol. The van der Waals surface area contributed by atoms with Gasteiger partial charge in [0, 0.05) is 15.6 Å². The van der Waals surface area contributed by atoms with Gasteiger partial charge in [0.15, 0.2) is 11.4 Å². The summed E-state index contributed by atoms with van der Waals surface area (Å²) in [5.74, 6) is -0.150. The molecule has 0 bridgehead atoms. The standard InChI is InChI=1S/C25H19Cl2N3O4S/c1-3-33-24(32)21-14(2)29-25-30(22(21)17-6-4-5-7-18(17)27)23(31)20(35-25)13-15-12-16(26)8-9-19(15)34-11-10-28/h4-9,12-13,22H,3,11H2,1-2H3/b20-13-/t22-/m1/s1. The van der Waals surface area contributed by atoms with Crippen LogP contribution < -0.4 is 19.6 Å². The number of aromatic nitrogens is 1. The largest absolute Gasteiger partial charge is 0.478 e. The average Bonchev–Trinajstić information content (AvgIpc) is 3.12. The Balaban J connectivity index is 1.97. The van der Waals surface area contributed by atoms with Gasteiger partial charge in [-0.25, -0.2) is 9.79 Å². The minimum Gasteiger partial charge on any atom is -0.478 e. The van der Waals surface area contributed by atoms with E-state index in [1.54, 1.807) is 62.4 Å². The van der Waals surface area contributed by atoms with Gasteiger partial charge in [-0.2, -0.15) is 5.26 Å². The van der Waals surface area contributed by atoms with Crippen molar-refractivity contribution in [2.75, 3.05) is 13.2 Å². The molecule has 2 aromatic carbocycles. The monoisotopic (exact) mass is 527 g/mol. The normalized spacial score (nSPS) is 15.3. The molecule has 7 nitrogen and oxygen atoms in total. The molecule has 2 heterocycles. The molecule has 1 aliphatic rings. The molecule has 1 aliphatic heterocycles. The summed E-state index contributed by atoms with van der Waals surface area (Å²) in [6.45, 7) is 3.44. The van der Waals surface area contributed by atoms with Gasteiger partial charge in [-0.05, 0) is 49.8 Å². The fourth-order valence-electron chi connectivity index (χ4n) is 3.80. The van der Waals surface area contributed by atoms with Crippen LogP contribution in [0.4, 0.5) is 0 Å². The fourth-order valence-corrected chi connectivity index (χ4v) is 5.25. The summed E-state index contributed by atoms with van der Waals surface area (Å²) in [4.78, 5) is 31.6. The highest BCUT2D eigenvalue weighted by atomic mass is 35.5. The van der Waals surface area contributed by atoms with Crippen molar-refractivity contribution < 1.29 is 14.3 Å². The van der Waals surface area contributed by atoms with E-state index in [1.807, 2.05) is 6.07 Å². The highest BCUT2D eigenvalue weighted by molar-refractivity contribution is 7.07. The number of nitrogens with zero attached hydrogens (tertiary/aromatic N) is 3. The van der Waals surface area contributed by atoms with E-state index in [0.29, 0.717) is 42.0 Å². The smallest absolute Gasteiger partial charge is 0.338 e. The van der Waals surface area contributed by atoms with Crippen molar-refractivity contribution in [2.24, 2.45) is 4.99 Å². The third-order valence-electron chi connectivity index (χ3n) is 5.27. The molecule has 35 heavy (non-hydrogen) atoms. The maximum atomic E-state index is 13.7. The van der Waals surface area contributed by atoms with Gasteiger partial charge in [0.05, 0.1) is 22.4 Å². The van der Waals surface area contributed by atoms with Gasteiger partial charge in [-0.1, -0.05) is 52.7 Å². The molecule has 3 aromatic rings. The van der Waals surface area contributed by atoms with Gasteiger partial charge >= 0.3 is 5.97 Å². The lowest BCUT2D eigenvalue weighted by Crippen LogP contribution is -2.40. The molecule has 1 atom stereocenters. The number of esters is 1. The lowest BCUT2D eigenvalue weighted by Gasteiger charge is -2.25. The Labute approximate surface area is 214 Å². The third-order valence-corrected chi connectivity index (χ3v) is 6.83. The van der Waals surface area contributed by atoms with E-state index in [9.17, 15) is 9.59 Å². The van der Waals surface area contributed by atoms with Crippen LogP contribution in [-0.2, 0) is 9.53 Å². The Bertz CT molecular complexity index is 1570. The Kier molecular flexibility index (Phi) is 7.41. The van der Waals surface area contributed by atoms with Crippen molar-refractivity contribution >= 4 is 46.6 Å². The number of carbonyl (C=O) groups is 1. The maximum absolute atomic E-state index is 13.7. The van der Waals surface area contributed by atoms with Crippen molar-refractivity contribution in [1.82, 2.24) is 4.57 Å². The zero-order chi connectivity index (χ0) is 25.1. The second kappa shape index (κ2) is 10.5. The Morgan fingerprint density at radius 1 is 1.29 bits per heavy atom. The van der Waals surface area contributed by atoms with Gasteiger partial charge in [-0.3, -0.25) is 9.36 Å². The van der Waals surface area contributed by atoms with Crippen LogP contribution >= 0.6 is 34.5 Å². The van der Waals surface area contributed by atoms with E-state index in [4.69, 9.17) is 37.9 Å². The lowest BCUT2D eigenvalue weighted by atomic mass is 9.96. The number of rotatable bonds is 6. The molecule has 0 N–H and O–H groups in total. The summed E-state index contributed by atoms with van der Waals surface area (Å²) in [6, 6.07) is 13.1. The third kappa shape index (κ3) is 4.89. The molecule has 0 saturated carbocycles. The highest BCUT2D eigenvalue weighted by Crippen LogP contribution is 2.34. The quantitative estimate of drug-likeness (QED) is 0.451. The van der Waals surface area contributed by atoms with E-state index in [2.05, 4.69) is 4.99 Å². The van der Waals surface area contributed by atoms with Crippen molar-refractivity contribution in [1.29, 1.82) is 5.26 Å². The van der Waals surface area contributed by atoms with Gasteiger partial charge in [-0.15, -0.1) is 0 Å². The zero-order valence-electron chi connectivity index (χ0n) is 18.7. The van der Waals surface area contributed by atoms with Crippen molar-refractivity contribution in [3.05, 3.63) is 94.6 Å². The zero-order valence-corrected chi connectivity index (χ0v) is 21.1. The van der Waals surface area contributed by atoms with Crippen LogP contribution in [-0.4, -0.2) is 23.8 Å². The SMILES string of the molecule is CCOC(=O)C1=C(C)N=c2s/c(=C\c3cc(Cl)ccc3OCC#N)c(=O)n2[C@@H]1c1ccccc1Cl. The second-order valence-corrected chi connectivity index (χ2v) is 9.31. The van der Waals surface area contributed by atoms with Crippen LogP contribution in [0, 0.1) is 11.3 Å². The first-order valence-corrected chi connectivity index (χ1v) is 12.2. The van der Waals surface area contributed by atoms with Gasteiger partial charge in [0.2, 0.25) is 0 Å².